The molecule has 2 heterocycles. The third-order valence-corrected chi connectivity index (χ3v) is 5.03. The molecule has 0 radical (unpaired) electrons. The molecular formula is C19H19ClF3N7O. The summed E-state index contributed by atoms with van der Waals surface area (Å²) in [6, 6.07) is 0.843. The molecule has 1 atom stereocenters. The Morgan fingerprint density at radius 3 is 2.81 bits per heavy atom. The summed E-state index contributed by atoms with van der Waals surface area (Å²) in [5, 5.41) is 13.7. The molecule has 3 rings (SSSR count). The fourth-order valence-electron chi connectivity index (χ4n) is 3.22. The van der Waals surface area contributed by atoms with Crippen LogP contribution in [0.3, 0.4) is 0 Å². The number of benzene rings is 1. The molecule has 0 spiro atoms. The van der Waals surface area contributed by atoms with Crippen molar-refractivity contribution in [1.82, 2.24) is 14.9 Å². The van der Waals surface area contributed by atoms with Crippen molar-refractivity contribution >= 4 is 41.6 Å². The highest BCUT2D eigenvalue weighted by Crippen LogP contribution is 2.36. The van der Waals surface area contributed by atoms with Crippen molar-refractivity contribution in [2.45, 2.75) is 25.3 Å². The van der Waals surface area contributed by atoms with Gasteiger partial charge < -0.3 is 15.6 Å². The van der Waals surface area contributed by atoms with Crippen molar-refractivity contribution in [3.05, 3.63) is 46.5 Å². The summed E-state index contributed by atoms with van der Waals surface area (Å²) in [5.41, 5.74) is 2.66. The van der Waals surface area contributed by atoms with Gasteiger partial charge in [-0.2, -0.15) is 5.10 Å². The predicted molar refractivity (Wildman–Crippen MR) is 112 cm³/mol. The largest absolute Gasteiger partial charge is 0.352 e. The molecule has 0 bridgehead atoms. The maximum Gasteiger partial charge on any atom is 0.271 e. The summed E-state index contributed by atoms with van der Waals surface area (Å²) in [7, 11) is 0. The molecule has 31 heavy (non-hydrogen) atoms. The second-order valence-electron chi connectivity index (χ2n) is 6.78. The first-order valence-electron chi connectivity index (χ1n) is 9.22. The van der Waals surface area contributed by atoms with E-state index in [1.54, 1.807) is 0 Å². The van der Waals surface area contributed by atoms with E-state index in [2.05, 4.69) is 25.8 Å². The number of carbonyl (C=O) groups is 1. The zero-order chi connectivity index (χ0) is 22.6. The van der Waals surface area contributed by atoms with E-state index in [0.717, 1.165) is 23.4 Å². The van der Waals surface area contributed by atoms with Crippen LogP contribution in [0.5, 0.6) is 0 Å². The topological polar surface area (TPSA) is 106 Å². The lowest BCUT2D eigenvalue weighted by Crippen LogP contribution is -2.47. The number of anilines is 2. The maximum absolute atomic E-state index is 14.6. The highest BCUT2D eigenvalue weighted by Gasteiger charge is 2.50. The van der Waals surface area contributed by atoms with Crippen molar-refractivity contribution < 1.29 is 18.0 Å². The molecular weight excluding hydrogens is 435 g/mol. The molecule has 0 saturated carbocycles. The molecule has 2 aromatic rings. The van der Waals surface area contributed by atoms with Gasteiger partial charge >= 0.3 is 0 Å². The van der Waals surface area contributed by atoms with E-state index < -0.39 is 30.1 Å². The molecule has 1 aromatic heterocycles. The van der Waals surface area contributed by atoms with E-state index in [1.807, 2.05) is 0 Å². The van der Waals surface area contributed by atoms with Crippen LogP contribution in [0.1, 0.15) is 22.3 Å². The summed E-state index contributed by atoms with van der Waals surface area (Å²) in [4.78, 5) is 22.0. The van der Waals surface area contributed by atoms with Gasteiger partial charge in [0, 0.05) is 31.3 Å². The number of alkyl halides is 2. The highest BCUT2D eigenvalue weighted by atomic mass is 35.5. The quantitative estimate of drug-likeness (QED) is 0.439. The molecule has 1 aromatic carbocycles. The Morgan fingerprint density at radius 1 is 1.42 bits per heavy atom. The van der Waals surface area contributed by atoms with Gasteiger partial charge in [-0.05, 0) is 19.1 Å². The smallest absolute Gasteiger partial charge is 0.271 e. The number of aromatic nitrogens is 2. The van der Waals surface area contributed by atoms with Crippen molar-refractivity contribution in [3.63, 3.8) is 0 Å². The van der Waals surface area contributed by atoms with E-state index in [-0.39, 0.29) is 35.9 Å². The van der Waals surface area contributed by atoms with Crippen LogP contribution in [-0.4, -0.2) is 58.3 Å². The van der Waals surface area contributed by atoms with Crippen LogP contribution >= 0.6 is 11.6 Å². The Morgan fingerprint density at radius 2 is 2.13 bits per heavy atom. The van der Waals surface area contributed by atoms with E-state index in [9.17, 15) is 18.0 Å². The lowest BCUT2D eigenvalue weighted by molar-refractivity contribution is -0.0248. The monoisotopic (exact) mass is 453 g/mol. The number of likely N-dealkylation sites (tertiary alicyclic amines) is 1. The van der Waals surface area contributed by atoms with Crippen LogP contribution in [0.25, 0.3) is 0 Å². The number of amides is 1. The van der Waals surface area contributed by atoms with Gasteiger partial charge in [-0.3, -0.25) is 10.2 Å². The Kier molecular flexibility index (Phi) is 6.74. The second-order valence-corrected chi connectivity index (χ2v) is 7.22. The molecule has 1 unspecified atom stereocenters. The standard InChI is InChI=1S/C19H19ClF3N7O/c1-11-14(21)3-2-13(16(11)29-28-6-5-24)17(31)30-7-4-19(22,23)15(30)10-27-18-25-8-12(20)9-26-18/h2-3,5-6,8-9,15,24,29H,4,7,10H2,1H3,(H,25,26,27)/b24-5?,28-6-. The van der Waals surface area contributed by atoms with Gasteiger partial charge in [0.2, 0.25) is 5.95 Å². The van der Waals surface area contributed by atoms with Crippen LogP contribution < -0.4 is 10.7 Å². The van der Waals surface area contributed by atoms with E-state index in [4.69, 9.17) is 17.0 Å². The first kappa shape index (κ1) is 22.5. The first-order chi connectivity index (χ1) is 14.7. The SMILES string of the molecule is Cc1c(F)ccc(C(=O)N2CCC(F)(F)C2CNc2ncc(Cl)cn2)c1N/N=C\C=N. The zero-order valence-corrected chi connectivity index (χ0v) is 17.1. The Hall–Kier alpha value is -3.21. The average molecular weight is 454 g/mol. The average Bonchev–Trinajstić information content (AvgIpc) is 3.04. The molecule has 12 heteroatoms. The number of halogens is 4. The third-order valence-electron chi connectivity index (χ3n) is 4.84. The molecule has 3 N–H and O–H groups in total. The lowest BCUT2D eigenvalue weighted by Gasteiger charge is -2.28. The Balaban J connectivity index is 1.87. The molecule has 8 nitrogen and oxygen atoms in total. The van der Waals surface area contributed by atoms with Gasteiger partial charge in [0.15, 0.2) is 0 Å². The fourth-order valence-corrected chi connectivity index (χ4v) is 3.31. The minimum atomic E-state index is -3.14. The van der Waals surface area contributed by atoms with Crippen LogP contribution in [0.4, 0.5) is 24.8 Å². The fraction of sp³-hybridized carbons (Fsp3) is 0.316. The Labute approximate surface area is 181 Å². The van der Waals surface area contributed by atoms with Gasteiger partial charge in [-0.1, -0.05) is 11.6 Å². The number of rotatable bonds is 7. The molecule has 1 fully saturated rings. The third kappa shape index (κ3) is 4.93. The van der Waals surface area contributed by atoms with Crippen LogP contribution in [-0.2, 0) is 0 Å². The number of nitrogens with zero attached hydrogens (tertiary/aromatic N) is 4. The van der Waals surface area contributed by atoms with Crippen molar-refractivity contribution in [3.8, 4) is 0 Å². The number of nitrogens with one attached hydrogen (secondary N) is 3. The van der Waals surface area contributed by atoms with Gasteiger partial charge in [0.25, 0.3) is 11.8 Å². The van der Waals surface area contributed by atoms with Crippen LogP contribution in [0.15, 0.2) is 29.6 Å². The van der Waals surface area contributed by atoms with Crippen LogP contribution in [0, 0.1) is 18.2 Å². The summed E-state index contributed by atoms with van der Waals surface area (Å²) < 4.78 is 43.2. The second kappa shape index (κ2) is 9.29. The molecule has 0 aliphatic carbocycles. The van der Waals surface area contributed by atoms with E-state index in [1.165, 1.54) is 25.4 Å². The van der Waals surface area contributed by atoms with Crippen molar-refractivity contribution in [1.29, 1.82) is 5.41 Å². The van der Waals surface area contributed by atoms with Gasteiger partial charge in [0.1, 0.15) is 11.9 Å². The minimum absolute atomic E-state index is 0.00789. The number of carbonyl (C=O) groups excluding carboxylic acids is 1. The highest BCUT2D eigenvalue weighted by molar-refractivity contribution is 6.30. The molecule has 164 valence electrons. The van der Waals surface area contributed by atoms with Gasteiger partial charge in [-0.25, -0.2) is 23.1 Å². The molecule has 1 amide bonds. The molecule has 1 aliphatic heterocycles. The van der Waals surface area contributed by atoms with Crippen LogP contribution in [0.2, 0.25) is 5.02 Å². The van der Waals surface area contributed by atoms with E-state index >= 15 is 0 Å². The number of hydrogen-bond donors (Lipinski definition) is 3. The summed E-state index contributed by atoms with van der Waals surface area (Å²) in [5.74, 6) is -4.33. The minimum Gasteiger partial charge on any atom is -0.352 e. The van der Waals surface area contributed by atoms with E-state index in [0.29, 0.717) is 5.02 Å². The summed E-state index contributed by atoms with van der Waals surface area (Å²) in [6.45, 7) is 0.957. The first-order valence-corrected chi connectivity index (χ1v) is 9.60. The van der Waals surface area contributed by atoms with Gasteiger partial charge in [-0.15, -0.1) is 0 Å². The molecule has 1 aliphatic rings. The maximum atomic E-state index is 14.6. The lowest BCUT2D eigenvalue weighted by atomic mass is 10.1. The molecule has 1 saturated heterocycles. The van der Waals surface area contributed by atoms with Gasteiger partial charge in [0.05, 0.1) is 34.9 Å². The normalized spacial score (nSPS) is 17.7. The van der Waals surface area contributed by atoms with Crippen molar-refractivity contribution in [2.75, 3.05) is 23.8 Å². The van der Waals surface area contributed by atoms with Crippen molar-refractivity contribution in [2.24, 2.45) is 5.10 Å². The summed E-state index contributed by atoms with van der Waals surface area (Å²) in [6.07, 6.45) is 4.12. The zero-order valence-electron chi connectivity index (χ0n) is 16.4. The number of hydrazone groups is 1. The summed E-state index contributed by atoms with van der Waals surface area (Å²) >= 11 is 5.72. The predicted octanol–water partition coefficient (Wildman–Crippen LogP) is 3.59. The Bertz CT molecular complexity index is 1000. The number of hydrogen-bond acceptors (Lipinski definition) is 7.